The molecule has 0 radical (unpaired) electrons. The Kier molecular flexibility index (Phi) is 2.49. The number of rotatable bonds is 0. The third-order valence-corrected chi connectivity index (χ3v) is 0.813. The molecule has 0 saturated carbocycles. The molecule has 0 unspecified atom stereocenters. The maximum atomic E-state index is 3.93. The van der Waals surface area contributed by atoms with Gasteiger partial charge < -0.3 is 5.43 Å². The van der Waals surface area contributed by atoms with Crippen molar-refractivity contribution in [2.24, 2.45) is 15.1 Å². The van der Waals surface area contributed by atoms with Crippen molar-refractivity contribution in [3.05, 3.63) is 0 Å². The van der Waals surface area contributed by atoms with Crippen LogP contribution < -0.4 is 5.43 Å². The Morgan fingerprint density at radius 3 is 3.22 bits per heavy atom. The lowest BCUT2D eigenvalue weighted by Gasteiger charge is -1.87. The summed E-state index contributed by atoms with van der Waals surface area (Å²) in [5.74, 6) is 0. The third-order valence-electron chi connectivity index (χ3n) is 0.813. The zero-order valence-electron chi connectivity index (χ0n) is 4.99. The quantitative estimate of drug-likeness (QED) is 0.472. The molecular formula is C5H8N4. The average Bonchev–Trinajstić information content (AvgIpc) is 2.00. The van der Waals surface area contributed by atoms with E-state index in [4.69, 9.17) is 0 Å². The summed E-state index contributed by atoms with van der Waals surface area (Å²) < 4.78 is 0. The van der Waals surface area contributed by atoms with Gasteiger partial charge in [-0.1, -0.05) is 0 Å². The van der Waals surface area contributed by atoms with Crippen molar-refractivity contribution in [3.8, 4) is 0 Å². The first-order valence-electron chi connectivity index (χ1n) is 2.73. The number of nitrogens with zero attached hydrogens (tertiary/aromatic N) is 3. The molecular weight excluding hydrogens is 116 g/mol. The molecule has 1 heterocycles. The molecule has 0 aromatic heterocycles. The van der Waals surface area contributed by atoms with E-state index >= 15 is 0 Å². The largest absolute Gasteiger partial charge is 0.305 e. The number of hydrogen-bond acceptors (Lipinski definition) is 4. The van der Waals surface area contributed by atoms with Crippen LogP contribution in [-0.2, 0) is 0 Å². The van der Waals surface area contributed by atoms with Crippen molar-refractivity contribution < 1.29 is 0 Å². The van der Waals surface area contributed by atoms with Crippen LogP contribution in [0.2, 0.25) is 0 Å². The van der Waals surface area contributed by atoms with E-state index in [-0.39, 0.29) is 0 Å². The lowest BCUT2D eigenvalue weighted by molar-refractivity contribution is 0.860. The summed E-state index contributed by atoms with van der Waals surface area (Å²) in [5, 5.41) is 3.78. The molecule has 9 heavy (non-hydrogen) atoms. The van der Waals surface area contributed by atoms with Crippen LogP contribution in [0.3, 0.4) is 0 Å². The zero-order chi connectivity index (χ0) is 6.36. The van der Waals surface area contributed by atoms with Crippen LogP contribution in [0.4, 0.5) is 0 Å². The molecule has 0 bridgehead atoms. The van der Waals surface area contributed by atoms with E-state index in [0.29, 0.717) is 13.2 Å². The summed E-state index contributed by atoms with van der Waals surface area (Å²) in [5.41, 5.74) is 2.76. The van der Waals surface area contributed by atoms with Gasteiger partial charge in [0.25, 0.3) is 0 Å². The molecule has 1 N–H and O–H groups in total. The second-order valence-corrected chi connectivity index (χ2v) is 1.48. The van der Waals surface area contributed by atoms with Gasteiger partial charge >= 0.3 is 0 Å². The van der Waals surface area contributed by atoms with Crippen LogP contribution in [0.5, 0.6) is 0 Å². The van der Waals surface area contributed by atoms with E-state index in [2.05, 4.69) is 20.5 Å². The lowest BCUT2D eigenvalue weighted by Crippen LogP contribution is -2.07. The Bertz CT molecular complexity index is 147. The summed E-state index contributed by atoms with van der Waals surface area (Å²) in [4.78, 5) is 7.80. The van der Waals surface area contributed by atoms with E-state index in [1.165, 1.54) is 0 Å². The van der Waals surface area contributed by atoms with E-state index in [1.807, 2.05) is 0 Å². The van der Waals surface area contributed by atoms with Crippen LogP contribution in [0.25, 0.3) is 0 Å². The number of aliphatic imine (C=N–C) groups is 2. The van der Waals surface area contributed by atoms with E-state index < -0.39 is 0 Å². The van der Waals surface area contributed by atoms with Crippen molar-refractivity contribution in [3.63, 3.8) is 0 Å². The summed E-state index contributed by atoms with van der Waals surface area (Å²) in [6.45, 7) is 1.19. The Balaban J connectivity index is 2.43. The molecule has 0 aromatic carbocycles. The predicted molar refractivity (Wildman–Crippen MR) is 38.3 cm³/mol. The topological polar surface area (TPSA) is 49.1 Å². The fourth-order valence-electron chi connectivity index (χ4n) is 0.443. The maximum absolute atomic E-state index is 3.93. The first-order chi connectivity index (χ1) is 4.50. The van der Waals surface area contributed by atoms with Gasteiger partial charge in [0.2, 0.25) is 0 Å². The normalized spacial score (nSPS) is 17.8. The van der Waals surface area contributed by atoms with E-state index in [1.54, 1.807) is 18.6 Å². The van der Waals surface area contributed by atoms with Crippen LogP contribution in [0.15, 0.2) is 15.1 Å². The van der Waals surface area contributed by atoms with Crippen LogP contribution in [0, 0.1) is 0 Å². The molecule has 48 valence electrons. The standard InChI is InChI=1S/C5H8N4/c1-3-8-9-4-2-7-5-6-1/h1-3,9H,4-5H2. The van der Waals surface area contributed by atoms with Crippen molar-refractivity contribution in [1.82, 2.24) is 5.43 Å². The third kappa shape index (κ3) is 2.58. The molecule has 0 fully saturated rings. The van der Waals surface area contributed by atoms with Crippen molar-refractivity contribution in [2.75, 3.05) is 13.2 Å². The Morgan fingerprint density at radius 1 is 1.22 bits per heavy atom. The Labute approximate surface area is 53.4 Å². The van der Waals surface area contributed by atoms with E-state index in [9.17, 15) is 0 Å². The van der Waals surface area contributed by atoms with Gasteiger partial charge in [-0.3, -0.25) is 9.98 Å². The van der Waals surface area contributed by atoms with Gasteiger partial charge in [0.15, 0.2) is 0 Å². The molecule has 1 rings (SSSR count). The van der Waals surface area contributed by atoms with Gasteiger partial charge in [-0.2, -0.15) is 5.10 Å². The van der Waals surface area contributed by atoms with E-state index in [0.717, 1.165) is 0 Å². The Hall–Kier alpha value is -1.19. The molecule has 0 atom stereocenters. The molecule has 0 spiro atoms. The predicted octanol–water partition coefficient (Wildman–Crippen LogP) is -0.326. The fourth-order valence-corrected chi connectivity index (χ4v) is 0.443. The number of hydrazone groups is 1. The number of hydrogen-bond donors (Lipinski definition) is 1. The minimum atomic E-state index is 0.508. The van der Waals surface area contributed by atoms with Crippen LogP contribution in [-0.4, -0.2) is 31.9 Å². The van der Waals surface area contributed by atoms with Gasteiger partial charge in [0.1, 0.15) is 6.67 Å². The number of nitrogens with one attached hydrogen (secondary N) is 1. The van der Waals surface area contributed by atoms with Crippen LogP contribution >= 0.6 is 0 Å². The molecule has 4 heteroatoms. The highest BCUT2D eigenvalue weighted by Gasteiger charge is 1.76. The van der Waals surface area contributed by atoms with Crippen LogP contribution in [0.1, 0.15) is 0 Å². The molecule has 0 aliphatic carbocycles. The summed E-state index contributed by atoms with van der Waals surface area (Å²) >= 11 is 0. The fraction of sp³-hybridized carbons (Fsp3) is 0.400. The first kappa shape index (κ1) is 5.94. The monoisotopic (exact) mass is 124 g/mol. The summed E-state index contributed by atoms with van der Waals surface area (Å²) in [6, 6.07) is 0. The molecule has 0 aromatic rings. The average molecular weight is 124 g/mol. The first-order valence-corrected chi connectivity index (χ1v) is 2.73. The highest BCUT2D eigenvalue weighted by molar-refractivity contribution is 6.15. The van der Waals surface area contributed by atoms with Gasteiger partial charge in [-0.25, -0.2) is 0 Å². The second kappa shape index (κ2) is 3.77. The van der Waals surface area contributed by atoms with Gasteiger partial charge in [0.05, 0.1) is 12.8 Å². The highest BCUT2D eigenvalue weighted by atomic mass is 15.3. The Morgan fingerprint density at radius 2 is 2.22 bits per heavy atom. The smallest absolute Gasteiger partial charge is 0.129 e. The van der Waals surface area contributed by atoms with Gasteiger partial charge in [-0.15, -0.1) is 0 Å². The van der Waals surface area contributed by atoms with Crippen molar-refractivity contribution in [1.29, 1.82) is 0 Å². The highest BCUT2D eigenvalue weighted by Crippen LogP contribution is 1.70. The maximum Gasteiger partial charge on any atom is 0.129 e. The van der Waals surface area contributed by atoms with Gasteiger partial charge in [-0.05, 0) is 0 Å². The van der Waals surface area contributed by atoms with Crippen molar-refractivity contribution >= 4 is 18.6 Å². The minimum absolute atomic E-state index is 0.508. The molecule has 0 saturated heterocycles. The molecule has 1 aliphatic heterocycles. The lowest BCUT2D eigenvalue weighted by atomic mass is 10.7. The van der Waals surface area contributed by atoms with Crippen molar-refractivity contribution in [2.45, 2.75) is 0 Å². The summed E-state index contributed by atoms with van der Waals surface area (Å²) in [7, 11) is 0. The zero-order valence-corrected chi connectivity index (χ0v) is 4.99. The van der Waals surface area contributed by atoms with Gasteiger partial charge in [0, 0.05) is 12.4 Å². The molecule has 4 nitrogen and oxygen atoms in total. The molecule has 0 amide bonds. The minimum Gasteiger partial charge on any atom is -0.305 e. The molecule has 1 aliphatic rings. The second-order valence-electron chi connectivity index (χ2n) is 1.48. The SMILES string of the molecule is C1=NCN=CCNN=C1. The summed E-state index contributed by atoms with van der Waals surface area (Å²) in [6.07, 6.45) is 4.98.